The molecule has 10 heteroatoms. The second-order valence-corrected chi connectivity index (χ2v) is 10.8. The summed E-state index contributed by atoms with van der Waals surface area (Å²) in [5.74, 6) is 0.697. The minimum Gasteiger partial charge on any atom is -0.457 e. The molecule has 1 amide bonds. The monoisotopic (exact) mass is 511 g/mol. The molecule has 0 aliphatic heterocycles. The number of thiazole rings is 1. The average molecular weight is 512 g/mol. The molecule has 0 spiro atoms. The summed E-state index contributed by atoms with van der Waals surface area (Å²) in [5, 5.41) is 2.77. The first-order valence-electron chi connectivity index (χ1n) is 10.9. The summed E-state index contributed by atoms with van der Waals surface area (Å²) >= 11 is 1.10. The maximum atomic E-state index is 13.0. The van der Waals surface area contributed by atoms with E-state index in [2.05, 4.69) is 5.32 Å². The van der Waals surface area contributed by atoms with E-state index >= 15 is 0 Å². The normalized spacial score (nSPS) is 12.3. The molecule has 3 aromatic carbocycles. The number of sulfonamides is 1. The molecule has 4 aromatic rings. The Balaban J connectivity index is 1.55. The molecule has 4 rings (SSSR count). The number of rotatable bonds is 8. The van der Waals surface area contributed by atoms with Gasteiger partial charge in [0.2, 0.25) is 15.9 Å². The van der Waals surface area contributed by atoms with E-state index < -0.39 is 22.0 Å². The predicted octanol–water partition coefficient (Wildman–Crippen LogP) is 4.67. The molecule has 1 heterocycles. The smallest absolute Gasteiger partial charge is 0.308 e. The zero-order valence-electron chi connectivity index (χ0n) is 19.5. The number of nitrogens with one attached hydrogen (secondary N) is 1. The van der Waals surface area contributed by atoms with Crippen molar-refractivity contribution in [1.29, 1.82) is 0 Å². The second kappa shape index (κ2) is 9.93. The first-order valence-corrected chi connectivity index (χ1v) is 13.6. The summed E-state index contributed by atoms with van der Waals surface area (Å²) in [6.07, 6.45) is 1.06. The van der Waals surface area contributed by atoms with Gasteiger partial charge in [-0.15, -0.1) is 0 Å². The molecule has 0 aliphatic rings. The van der Waals surface area contributed by atoms with E-state index in [-0.39, 0.29) is 4.87 Å². The maximum Gasteiger partial charge on any atom is 0.308 e. The van der Waals surface area contributed by atoms with Gasteiger partial charge in [0.05, 0.1) is 22.2 Å². The molecule has 182 valence electrons. The molecular formula is C25H25N3O5S2. The number of carbonyl (C=O) groups excluding carboxylic acids is 1. The van der Waals surface area contributed by atoms with E-state index in [1.165, 1.54) is 6.92 Å². The number of hydrogen-bond donors (Lipinski definition) is 1. The van der Waals surface area contributed by atoms with Gasteiger partial charge in [-0.2, -0.15) is 0 Å². The third kappa shape index (κ3) is 5.39. The van der Waals surface area contributed by atoms with Gasteiger partial charge in [-0.3, -0.25) is 18.5 Å². The van der Waals surface area contributed by atoms with Crippen molar-refractivity contribution in [2.45, 2.75) is 26.4 Å². The van der Waals surface area contributed by atoms with E-state index in [1.54, 1.807) is 47.0 Å². The van der Waals surface area contributed by atoms with Crippen molar-refractivity contribution in [2.24, 2.45) is 0 Å². The highest BCUT2D eigenvalue weighted by atomic mass is 32.2. The Kier molecular flexibility index (Phi) is 6.95. The number of aryl methyl sites for hydroxylation is 1. The van der Waals surface area contributed by atoms with Gasteiger partial charge in [0.25, 0.3) is 0 Å². The number of carbonyl (C=O) groups is 1. The van der Waals surface area contributed by atoms with Gasteiger partial charge < -0.3 is 10.1 Å². The topological polar surface area (TPSA) is 97.7 Å². The highest BCUT2D eigenvalue weighted by Gasteiger charge is 2.29. The number of aromatic nitrogens is 1. The number of anilines is 2. The van der Waals surface area contributed by atoms with Gasteiger partial charge in [-0.25, -0.2) is 8.42 Å². The molecule has 0 bridgehead atoms. The number of amides is 1. The molecule has 0 fully saturated rings. The summed E-state index contributed by atoms with van der Waals surface area (Å²) in [4.78, 5) is 25.1. The average Bonchev–Trinajstić information content (AvgIpc) is 3.14. The second-order valence-electron chi connectivity index (χ2n) is 7.93. The molecule has 1 atom stereocenters. The number of ether oxygens (including phenoxy) is 1. The quantitative estimate of drug-likeness (QED) is 0.371. The lowest BCUT2D eigenvalue weighted by molar-refractivity contribution is -0.116. The summed E-state index contributed by atoms with van der Waals surface area (Å²) in [7, 11) is -3.78. The Morgan fingerprint density at radius 2 is 1.71 bits per heavy atom. The lowest BCUT2D eigenvalue weighted by atomic mass is 10.2. The summed E-state index contributed by atoms with van der Waals surface area (Å²) in [6, 6.07) is 19.9. The fourth-order valence-corrected chi connectivity index (χ4v) is 5.95. The van der Waals surface area contributed by atoms with E-state index in [0.29, 0.717) is 29.4 Å². The molecule has 35 heavy (non-hydrogen) atoms. The molecule has 0 saturated heterocycles. The summed E-state index contributed by atoms with van der Waals surface area (Å²) < 4.78 is 34.5. The lowest BCUT2D eigenvalue weighted by Gasteiger charge is -2.28. The first kappa shape index (κ1) is 24.5. The zero-order chi connectivity index (χ0) is 25.2. The first-order chi connectivity index (χ1) is 16.7. The van der Waals surface area contributed by atoms with Crippen molar-refractivity contribution in [3.63, 3.8) is 0 Å². The maximum absolute atomic E-state index is 13.0. The number of nitrogens with zero attached hydrogens (tertiary/aromatic N) is 2. The molecule has 8 nitrogen and oxygen atoms in total. The minimum absolute atomic E-state index is 0.0673. The number of para-hydroxylation sites is 1. The Hall–Kier alpha value is -3.63. The van der Waals surface area contributed by atoms with E-state index in [4.69, 9.17) is 4.74 Å². The van der Waals surface area contributed by atoms with Crippen LogP contribution in [0.4, 0.5) is 11.4 Å². The van der Waals surface area contributed by atoms with Crippen molar-refractivity contribution in [2.75, 3.05) is 15.9 Å². The van der Waals surface area contributed by atoms with Crippen LogP contribution in [0.3, 0.4) is 0 Å². The van der Waals surface area contributed by atoms with Gasteiger partial charge >= 0.3 is 4.87 Å². The molecule has 0 saturated carbocycles. The standard InChI is InChI=1S/C25H25N3O5S2/c1-4-27-22-15-10-18(16-23(22)34-25(27)30)26-24(29)17(2)28(35(3,31)32)19-11-13-21(14-12-19)33-20-8-6-5-7-9-20/h5-17H,4H2,1-3H3,(H,26,29). The van der Waals surface area contributed by atoms with Crippen molar-refractivity contribution in [1.82, 2.24) is 4.57 Å². The summed E-state index contributed by atoms with van der Waals surface area (Å²) in [6.45, 7) is 3.97. The zero-order valence-corrected chi connectivity index (χ0v) is 21.1. The van der Waals surface area contributed by atoms with Gasteiger partial charge in [0, 0.05) is 12.2 Å². The fraction of sp³-hybridized carbons (Fsp3) is 0.200. The minimum atomic E-state index is -3.78. The number of hydrogen-bond acceptors (Lipinski definition) is 6. The van der Waals surface area contributed by atoms with Crippen molar-refractivity contribution < 1.29 is 17.9 Å². The largest absolute Gasteiger partial charge is 0.457 e. The van der Waals surface area contributed by atoms with E-state index in [1.807, 2.05) is 37.3 Å². The predicted molar refractivity (Wildman–Crippen MR) is 140 cm³/mol. The fourth-order valence-electron chi connectivity index (χ4n) is 3.78. The highest BCUT2D eigenvalue weighted by Crippen LogP contribution is 2.28. The van der Waals surface area contributed by atoms with Crippen LogP contribution in [0.2, 0.25) is 0 Å². The van der Waals surface area contributed by atoms with Crippen molar-refractivity contribution in [3.8, 4) is 11.5 Å². The highest BCUT2D eigenvalue weighted by molar-refractivity contribution is 7.92. The third-order valence-electron chi connectivity index (χ3n) is 5.41. The number of fused-ring (bicyclic) bond motifs is 1. The van der Waals surface area contributed by atoms with Crippen molar-refractivity contribution in [3.05, 3.63) is 82.5 Å². The van der Waals surface area contributed by atoms with Crippen LogP contribution in [0.15, 0.2) is 77.6 Å². The van der Waals surface area contributed by atoms with Gasteiger partial charge in [0.1, 0.15) is 17.5 Å². The van der Waals surface area contributed by atoms with Crippen molar-refractivity contribution >= 4 is 48.9 Å². The van der Waals surface area contributed by atoms with E-state index in [9.17, 15) is 18.0 Å². The van der Waals surface area contributed by atoms with E-state index in [0.717, 1.165) is 32.1 Å². The molecule has 1 N–H and O–H groups in total. The molecule has 0 aliphatic carbocycles. The lowest BCUT2D eigenvalue weighted by Crippen LogP contribution is -2.45. The Morgan fingerprint density at radius 1 is 1.06 bits per heavy atom. The Labute approximate surface area is 207 Å². The molecule has 1 aromatic heterocycles. The van der Waals surface area contributed by atoms with Gasteiger partial charge in [-0.1, -0.05) is 29.5 Å². The Morgan fingerprint density at radius 3 is 2.34 bits per heavy atom. The van der Waals surface area contributed by atoms with Crippen LogP contribution in [0.5, 0.6) is 11.5 Å². The molecule has 0 radical (unpaired) electrons. The van der Waals surface area contributed by atoms with Crippen LogP contribution in [0.1, 0.15) is 13.8 Å². The molecule has 1 unspecified atom stereocenters. The van der Waals surface area contributed by atoms with Crippen LogP contribution in [0.25, 0.3) is 10.2 Å². The molecular weight excluding hydrogens is 486 g/mol. The third-order valence-corrected chi connectivity index (χ3v) is 7.59. The van der Waals surface area contributed by atoms with Crippen LogP contribution in [0, 0.1) is 0 Å². The Bertz CT molecular complexity index is 1510. The number of benzene rings is 3. The van der Waals surface area contributed by atoms with Crippen LogP contribution in [-0.2, 0) is 21.4 Å². The SMILES string of the molecule is CCn1c(=O)sc2cc(NC(=O)C(C)N(c3ccc(Oc4ccccc4)cc3)S(C)(=O)=O)ccc21. The van der Waals surface area contributed by atoms with Crippen LogP contribution >= 0.6 is 11.3 Å². The van der Waals surface area contributed by atoms with Crippen LogP contribution < -0.4 is 19.2 Å². The van der Waals surface area contributed by atoms with Crippen LogP contribution in [-0.4, -0.2) is 31.2 Å². The van der Waals surface area contributed by atoms with Gasteiger partial charge in [0.15, 0.2) is 0 Å². The van der Waals surface area contributed by atoms with Gasteiger partial charge in [-0.05, 0) is 68.4 Å². The summed E-state index contributed by atoms with van der Waals surface area (Å²) in [5.41, 5.74) is 1.62.